The number of amides is 1. The summed E-state index contributed by atoms with van der Waals surface area (Å²) in [5.41, 5.74) is 2.16. The molecule has 196 valence electrons. The molecular weight excluding hydrogens is 504 g/mol. The predicted octanol–water partition coefficient (Wildman–Crippen LogP) is 6.69. The Morgan fingerprint density at radius 3 is 2.58 bits per heavy atom. The highest BCUT2D eigenvalue weighted by Gasteiger charge is 2.44. The lowest BCUT2D eigenvalue weighted by atomic mass is 10.1. The molecule has 0 aliphatic heterocycles. The minimum Gasteiger partial charge on any atom is -0.438 e. The Kier molecular flexibility index (Phi) is 7.85. The molecule has 7 nitrogen and oxygen atoms in total. The van der Waals surface area contributed by atoms with E-state index in [0.717, 1.165) is 12.1 Å². The van der Waals surface area contributed by atoms with E-state index < -0.39 is 24.2 Å². The average Bonchev–Trinajstić information content (AvgIpc) is 2.91. The van der Waals surface area contributed by atoms with E-state index in [1.165, 1.54) is 12.1 Å². The number of benzene rings is 2. The number of nitrogens with zero attached hydrogens (tertiary/aromatic N) is 3. The van der Waals surface area contributed by atoms with Gasteiger partial charge in [0.05, 0.1) is 11.3 Å². The first kappa shape index (κ1) is 26.5. The van der Waals surface area contributed by atoms with Crippen molar-refractivity contribution in [2.75, 3.05) is 5.32 Å². The van der Waals surface area contributed by atoms with Gasteiger partial charge >= 0.3 is 12.5 Å². The zero-order valence-corrected chi connectivity index (χ0v) is 20.3. The van der Waals surface area contributed by atoms with Crippen molar-refractivity contribution in [3.05, 3.63) is 90.0 Å². The number of rotatable bonds is 9. The molecule has 2 heterocycles. The summed E-state index contributed by atoms with van der Waals surface area (Å²) in [6.45, 7) is 3.67. The minimum atomic E-state index is -4.69. The molecule has 0 atom stereocenters. The van der Waals surface area contributed by atoms with Crippen LogP contribution in [0.2, 0.25) is 0 Å². The number of aryl methyl sites for hydroxylation is 1. The number of ether oxygens (including phenoxy) is 2. The van der Waals surface area contributed by atoms with E-state index in [2.05, 4.69) is 25.0 Å². The Morgan fingerprint density at radius 2 is 1.82 bits per heavy atom. The quantitative estimate of drug-likeness (QED) is 0.245. The number of anilines is 1. The van der Waals surface area contributed by atoms with E-state index in [-0.39, 0.29) is 5.56 Å². The van der Waals surface area contributed by atoms with Crippen LogP contribution >= 0.6 is 0 Å². The Morgan fingerprint density at radius 1 is 1.03 bits per heavy atom. The number of nitrogens with one attached hydrogen (secondary N) is 1. The summed E-state index contributed by atoms with van der Waals surface area (Å²) in [6.07, 6.45) is -4.81. The fraction of sp³-hybridized carbons (Fsp3) is 0.185. The summed E-state index contributed by atoms with van der Waals surface area (Å²) in [5, 5.41) is 2.68. The molecule has 0 bridgehead atoms. The van der Waals surface area contributed by atoms with E-state index >= 15 is 0 Å². The highest BCUT2D eigenvalue weighted by molar-refractivity contribution is 6.05. The number of alkyl halides is 4. The fourth-order valence-electron chi connectivity index (χ4n) is 3.45. The molecule has 0 aliphatic rings. The summed E-state index contributed by atoms with van der Waals surface area (Å²) < 4.78 is 61.6. The second-order valence-corrected chi connectivity index (χ2v) is 8.05. The average molecular weight is 526 g/mol. The lowest BCUT2D eigenvalue weighted by Crippen LogP contribution is -2.33. The van der Waals surface area contributed by atoms with Crippen LogP contribution in [-0.4, -0.2) is 33.4 Å². The normalized spacial score (nSPS) is 11.3. The Bertz CT molecular complexity index is 1450. The maximum atomic E-state index is 13.3. The van der Waals surface area contributed by atoms with Gasteiger partial charge in [-0.05, 0) is 55.5 Å². The van der Waals surface area contributed by atoms with Crippen LogP contribution in [-0.2, 0) is 6.42 Å². The van der Waals surface area contributed by atoms with Gasteiger partial charge in [-0.3, -0.25) is 4.79 Å². The third-order valence-corrected chi connectivity index (χ3v) is 5.41. The standard InChI is InChI=1S/C27H22F4N4O3/c1-3-23-32-14-12-21(34-23)19-9-6-13-33-25(19)37-22-11-5-10-20(16(22)2)35-24(36)17-7-4-8-18(15-17)38-27(30,31)26(28)29/h4-15,26H,3H2,1-2H3,(H,35,36). The minimum absolute atomic E-state index is 0.0687. The van der Waals surface area contributed by atoms with Crippen LogP contribution < -0.4 is 14.8 Å². The molecule has 0 radical (unpaired) electrons. The summed E-state index contributed by atoms with van der Waals surface area (Å²) in [6, 6.07) is 14.9. The zero-order chi connectivity index (χ0) is 27.3. The topological polar surface area (TPSA) is 86.2 Å². The van der Waals surface area contributed by atoms with E-state index in [1.807, 2.05) is 13.0 Å². The highest BCUT2D eigenvalue weighted by Crippen LogP contribution is 2.34. The number of halogens is 4. The molecule has 4 aromatic rings. The van der Waals surface area contributed by atoms with Crippen LogP contribution in [0.1, 0.15) is 28.7 Å². The van der Waals surface area contributed by atoms with E-state index in [1.54, 1.807) is 49.6 Å². The van der Waals surface area contributed by atoms with Crippen LogP contribution in [0.3, 0.4) is 0 Å². The molecule has 0 saturated heterocycles. The third-order valence-electron chi connectivity index (χ3n) is 5.41. The molecule has 0 unspecified atom stereocenters. The van der Waals surface area contributed by atoms with Gasteiger partial charge in [0.25, 0.3) is 5.91 Å². The van der Waals surface area contributed by atoms with Gasteiger partial charge in [0, 0.05) is 35.6 Å². The number of hydrogen-bond acceptors (Lipinski definition) is 6. The second-order valence-electron chi connectivity index (χ2n) is 8.05. The van der Waals surface area contributed by atoms with Gasteiger partial charge in [0.1, 0.15) is 17.3 Å². The van der Waals surface area contributed by atoms with Crippen molar-refractivity contribution < 1.29 is 31.8 Å². The number of pyridine rings is 1. The van der Waals surface area contributed by atoms with Gasteiger partial charge in [-0.1, -0.05) is 19.1 Å². The van der Waals surface area contributed by atoms with E-state index in [0.29, 0.717) is 46.4 Å². The van der Waals surface area contributed by atoms with Crippen molar-refractivity contribution >= 4 is 11.6 Å². The summed E-state index contributed by atoms with van der Waals surface area (Å²) in [5.74, 6) is 0.134. The number of carbonyl (C=O) groups is 1. The van der Waals surface area contributed by atoms with Crippen molar-refractivity contribution in [1.29, 1.82) is 0 Å². The first-order chi connectivity index (χ1) is 18.2. The molecule has 1 amide bonds. The first-order valence-electron chi connectivity index (χ1n) is 11.5. The maximum absolute atomic E-state index is 13.3. The second kappa shape index (κ2) is 11.2. The molecule has 2 aromatic heterocycles. The monoisotopic (exact) mass is 526 g/mol. The summed E-state index contributed by atoms with van der Waals surface area (Å²) >= 11 is 0. The summed E-state index contributed by atoms with van der Waals surface area (Å²) in [4.78, 5) is 25.9. The van der Waals surface area contributed by atoms with Crippen LogP contribution in [0, 0.1) is 6.92 Å². The summed E-state index contributed by atoms with van der Waals surface area (Å²) in [7, 11) is 0. The number of aromatic nitrogens is 3. The van der Waals surface area contributed by atoms with Gasteiger partial charge in [0.2, 0.25) is 5.88 Å². The van der Waals surface area contributed by atoms with Crippen molar-refractivity contribution in [3.8, 4) is 28.6 Å². The van der Waals surface area contributed by atoms with Gasteiger partial charge in [-0.2, -0.15) is 17.6 Å². The molecule has 2 aromatic carbocycles. The fourth-order valence-corrected chi connectivity index (χ4v) is 3.45. The smallest absolute Gasteiger partial charge is 0.438 e. The van der Waals surface area contributed by atoms with Crippen molar-refractivity contribution in [1.82, 2.24) is 15.0 Å². The first-order valence-corrected chi connectivity index (χ1v) is 11.5. The van der Waals surface area contributed by atoms with Crippen LogP contribution in [0.4, 0.5) is 23.2 Å². The van der Waals surface area contributed by atoms with Gasteiger partial charge in [-0.15, -0.1) is 0 Å². The Balaban J connectivity index is 1.56. The zero-order valence-electron chi connectivity index (χ0n) is 20.3. The van der Waals surface area contributed by atoms with E-state index in [9.17, 15) is 22.4 Å². The molecule has 0 saturated carbocycles. The third kappa shape index (κ3) is 6.05. The Hall–Kier alpha value is -4.54. The maximum Gasteiger partial charge on any atom is 0.461 e. The molecule has 0 fully saturated rings. The van der Waals surface area contributed by atoms with Crippen LogP contribution in [0.5, 0.6) is 17.4 Å². The molecule has 0 aliphatic carbocycles. The molecule has 38 heavy (non-hydrogen) atoms. The van der Waals surface area contributed by atoms with Crippen molar-refractivity contribution in [3.63, 3.8) is 0 Å². The highest BCUT2D eigenvalue weighted by atomic mass is 19.3. The lowest BCUT2D eigenvalue weighted by molar-refractivity contribution is -0.253. The van der Waals surface area contributed by atoms with Crippen LogP contribution in [0.25, 0.3) is 11.3 Å². The van der Waals surface area contributed by atoms with Gasteiger partial charge < -0.3 is 14.8 Å². The predicted molar refractivity (Wildman–Crippen MR) is 132 cm³/mol. The largest absolute Gasteiger partial charge is 0.461 e. The van der Waals surface area contributed by atoms with Gasteiger partial charge in [-0.25, -0.2) is 15.0 Å². The molecule has 1 N–H and O–H groups in total. The number of carbonyl (C=O) groups excluding carboxylic acids is 1. The van der Waals surface area contributed by atoms with Crippen molar-refractivity contribution in [2.24, 2.45) is 0 Å². The molecular formula is C27H22F4N4O3. The number of hydrogen-bond donors (Lipinski definition) is 1. The lowest BCUT2D eigenvalue weighted by Gasteiger charge is -2.17. The molecule has 4 rings (SSSR count). The van der Waals surface area contributed by atoms with Gasteiger partial charge in [0.15, 0.2) is 0 Å². The molecule has 0 spiro atoms. The van der Waals surface area contributed by atoms with E-state index in [4.69, 9.17) is 4.74 Å². The Labute approximate surface area is 215 Å². The van der Waals surface area contributed by atoms with Crippen LogP contribution in [0.15, 0.2) is 73.1 Å². The molecule has 11 heteroatoms. The SMILES string of the molecule is CCc1nccc(-c2cccnc2Oc2cccc(NC(=O)c3cccc(OC(F)(F)C(F)F)c3)c2C)n1. The van der Waals surface area contributed by atoms with Crippen molar-refractivity contribution in [2.45, 2.75) is 32.8 Å².